The van der Waals surface area contributed by atoms with Gasteiger partial charge in [-0.15, -0.1) is 11.3 Å². The van der Waals surface area contributed by atoms with E-state index in [0.29, 0.717) is 62.5 Å². The summed E-state index contributed by atoms with van der Waals surface area (Å²) in [6.07, 6.45) is 1.07. The van der Waals surface area contributed by atoms with Gasteiger partial charge in [0, 0.05) is 26.1 Å². The van der Waals surface area contributed by atoms with Crippen LogP contribution in [0.25, 0.3) is 10.2 Å². The lowest BCUT2D eigenvalue weighted by Gasteiger charge is -2.33. The molecular formula is C20H22N6O3S. The summed E-state index contributed by atoms with van der Waals surface area (Å²) in [5.41, 5.74) is 0.859. The lowest BCUT2D eigenvalue weighted by molar-refractivity contribution is -0.122. The zero-order chi connectivity index (χ0) is 20.5. The van der Waals surface area contributed by atoms with Gasteiger partial charge in [0.15, 0.2) is 0 Å². The maximum atomic E-state index is 13.2. The van der Waals surface area contributed by atoms with Gasteiger partial charge in [-0.3, -0.25) is 19.9 Å². The largest absolute Gasteiger partial charge is 0.378 e. The molecule has 0 bridgehead atoms. The lowest BCUT2D eigenvalue weighted by Crippen LogP contribution is -2.53. The smallest absolute Gasteiger partial charge is 0.244 e. The SMILES string of the molecule is O=C1CC[C@@H](N=C2N=C(N3CCOCC3)NC(=O)C2c2nc3ccccc3s2)CN1. The second-order valence-corrected chi connectivity index (χ2v) is 8.52. The average Bonchev–Trinajstić information content (AvgIpc) is 3.19. The molecule has 9 nitrogen and oxygen atoms in total. The molecule has 1 unspecified atom stereocenters. The first-order valence-electron chi connectivity index (χ1n) is 10.1. The number of hydrogen-bond acceptors (Lipinski definition) is 7. The maximum Gasteiger partial charge on any atom is 0.244 e. The number of para-hydroxylation sites is 1. The van der Waals surface area contributed by atoms with Crippen molar-refractivity contribution in [2.24, 2.45) is 9.98 Å². The van der Waals surface area contributed by atoms with E-state index in [0.717, 1.165) is 10.2 Å². The van der Waals surface area contributed by atoms with Gasteiger partial charge in [0.05, 0.1) is 29.5 Å². The number of fused-ring (bicyclic) bond motifs is 1. The van der Waals surface area contributed by atoms with Gasteiger partial charge in [0.1, 0.15) is 16.8 Å². The van der Waals surface area contributed by atoms with E-state index in [1.807, 2.05) is 29.2 Å². The second-order valence-electron chi connectivity index (χ2n) is 7.46. The molecule has 10 heteroatoms. The summed E-state index contributed by atoms with van der Waals surface area (Å²) in [4.78, 5) is 41.0. The molecule has 2 fully saturated rings. The van der Waals surface area contributed by atoms with Crippen molar-refractivity contribution >= 4 is 45.2 Å². The zero-order valence-electron chi connectivity index (χ0n) is 16.3. The third-order valence-electron chi connectivity index (χ3n) is 5.40. The minimum atomic E-state index is -0.662. The topological polar surface area (TPSA) is 108 Å². The molecule has 0 radical (unpaired) electrons. The molecular weight excluding hydrogens is 404 g/mol. The van der Waals surface area contributed by atoms with Gasteiger partial charge in [-0.1, -0.05) is 12.1 Å². The van der Waals surface area contributed by atoms with Gasteiger partial charge in [-0.05, 0) is 18.6 Å². The number of morpholine rings is 1. The van der Waals surface area contributed by atoms with Crippen molar-refractivity contribution in [2.75, 3.05) is 32.8 Å². The fourth-order valence-electron chi connectivity index (χ4n) is 3.78. The molecule has 0 aliphatic carbocycles. The van der Waals surface area contributed by atoms with Crippen LogP contribution in [0, 0.1) is 0 Å². The van der Waals surface area contributed by atoms with Crippen molar-refractivity contribution in [3.05, 3.63) is 29.3 Å². The van der Waals surface area contributed by atoms with E-state index in [2.05, 4.69) is 15.6 Å². The Morgan fingerprint density at radius 3 is 2.80 bits per heavy atom. The number of nitrogens with zero attached hydrogens (tertiary/aromatic N) is 4. The van der Waals surface area contributed by atoms with Gasteiger partial charge in [-0.25, -0.2) is 4.98 Å². The molecule has 1 aromatic heterocycles. The summed E-state index contributed by atoms with van der Waals surface area (Å²) >= 11 is 1.49. The quantitative estimate of drug-likeness (QED) is 0.741. The first-order chi connectivity index (χ1) is 14.7. The van der Waals surface area contributed by atoms with E-state index in [4.69, 9.17) is 14.7 Å². The Balaban J connectivity index is 1.52. The van der Waals surface area contributed by atoms with E-state index in [9.17, 15) is 9.59 Å². The van der Waals surface area contributed by atoms with Gasteiger partial charge in [-0.2, -0.15) is 4.99 Å². The molecule has 1 aromatic carbocycles. The fraction of sp³-hybridized carbons (Fsp3) is 0.450. The fourth-order valence-corrected chi connectivity index (χ4v) is 4.85. The molecule has 156 valence electrons. The summed E-state index contributed by atoms with van der Waals surface area (Å²) in [7, 11) is 0. The highest BCUT2D eigenvalue weighted by molar-refractivity contribution is 7.18. The van der Waals surface area contributed by atoms with Crippen LogP contribution in [0.5, 0.6) is 0 Å². The third kappa shape index (κ3) is 3.80. The van der Waals surface area contributed by atoms with Crippen LogP contribution >= 0.6 is 11.3 Å². The number of amidine groups is 1. The van der Waals surface area contributed by atoms with Gasteiger partial charge in [0.2, 0.25) is 17.8 Å². The molecule has 2 saturated heterocycles. The van der Waals surface area contributed by atoms with Crippen molar-refractivity contribution in [1.29, 1.82) is 0 Å². The van der Waals surface area contributed by atoms with Crippen LogP contribution in [0.15, 0.2) is 34.3 Å². The molecule has 30 heavy (non-hydrogen) atoms. The number of carbonyl (C=O) groups excluding carboxylic acids is 2. The Labute approximate surface area is 177 Å². The van der Waals surface area contributed by atoms with Crippen molar-refractivity contribution in [3.63, 3.8) is 0 Å². The highest BCUT2D eigenvalue weighted by Gasteiger charge is 2.37. The van der Waals surface area contributed by atoms with Crippen LogP contribution in [0.2, 0.25) is 0 Å². The molecule has 0 spiro atoms. The van der Waals surface area contributed by atoms with Crippen LogP contribution in [-0.4, -0.2) is 72.4 Å². The van der Waals surface area contributed by atoms with Crippen LogP contribution in [-0.2, 0) is 14.3 Å². The number of hydrogen-bond donors (Lipinski definition) is 2. The zero-order valence-corrected chi connectivity index (χ0v) is 17.2. The highest BCUT2D eigenvalue weighted by atomic mass is 32.1. The van der Waals surface area contributed by atoms with E-state index in [1.54, 1.807) is 0 Å². The Hall–Kier alpha value is -2.85. The first-order valence-corrected chi connectivity index (χ1v) is 10.9. The highest BCUT2D eigenvalue weighted by Crippen LogP contribution is 2.31. The number of thiazole rings is 1. The normalized spacial score (nSPS) is 26.5. The Kier molecular flexibility index (Phi) is 5.17. The Morgan fingerprint density at radius 2 is 2.03 bits per heavy atom. The number of piperidine rings is 1. The number of rotatable bonds is 2. The van der Waals surface area contributed by atoms with Crippen LogP contribution < -0.4 is 10.6 Å². The summed E-state index contributed by atoms with van der Waals surface area (Å²) in [5.74, 6) is 0.168. The number of carbonyl (C=O) groups is 2. The molecule has 2 N–H and O–H groups in total. The molecule has 4 heterocycles. The average molecular weight is 427 g/mol. The number of nitrogens with one attached hydrogen (secondary N) is 2. The maximum absolute atomic E-state index is 13.2. The molecule has 5 rings (SSSR count). The molecule has 3 aliphatic rings. The first kappa shape index (κ1) is 19.1. The van der Waals surface area contributed by atoms with E-state index in [-0.39, 0.29) is 17.9 Å². The molecule has 2 atom stereocenters. The number of aliphatic imine (C=N–C) groups is 2. The minimum Gasteiger partial charge on any atom is -0.378 e. The molecule has 3 aliphatic heterocycles. The number of ether oxygens (including phenoxy) is 1. The summed E-state index contributed by atoms with van der Waals surface area (Å²) in [5, 5.41) is 6.48. The Morgan fingerprint density at radius 1 is 1.20 bits per heavy atom. The number of amides is 2. The van der Waals surface area contributed by atoms with Crippen molar-refractivity contribution in [3.8, 4) is 0 Å². The van der Waals surface area contributed by atoms with Gasteiger partial charge >= 0.3 is 0 Å². The Bertz CT molecular complexity index is 999. The van der Waals surface area contributed by atoms with Crippen LogP contribution in [0.3, 0.4) is 0 Å². The van der Waals surface area contributed by atoms with E-state index < -0.39 is 5.92 Å². The number of benzene rings is 1. The van der Waals surface area contributed by atoms with Crippen molar-refractivity contribution < 1.29 is 14.3 Å². The predicted molar refractivity (Wildman–Crippen MR) is 114 cm³/mol. The van der Waals surface area contributed by atoms with Crippen molar-refractivity contribution in [1.82, 2.24) is 20.5 Å². The van der Waals surface area contributed by atoms with Crippen LogP contribution in [0.4, 0.5) is 0 Å². The standard InChI is InChI=1S/C20H22N6O3S/c27-15-6-5-12(11-21-15)22-17-16(19-23-13-3-1-2-4-14(13)30-19)18(28)25-20(24-17)26-7-9-29-10-8-26/h1-4,12,16H,5-11H2,(H,21,27)(H,22,24,25,28)/t12-,16?/m1/s1. The van der Waals surface area contributed by atoms with Gasteiger partial charge < -0.3 is 15.0 Å². The van der Waals surface area contributed by atoms with E-state index >= 15 is 0 Å². The second kappa shape index (κ2) is 8.11. The summed E-state index contributed by atoms with van der Waals surface area (Å²) in [6, 6.07) is 7.72. The van der Waals surface area contributed by atoms with Crippen LogP contribution in [0.1, 0.15) is 23.8 Å². The third-order valence-corrected chi connectivity index (χ3v) is 6.50. The van der Waals surface area contributed by atoms with Crippen molar-refractivity contribution in [2.45, 2.75) is 24.8 Å². The number of aromatic nitrogens is 1. The summed E-state index contributed by atoms with van der Waals surface area (Å²) in [6.45, 7) is 2.98. The summed E-state index contributed by atoms with van der Waals surface area (Å²) < 4.78 is 6.43. The predicted octanol–water partition coefficient (Wildman–Crippen LogP) is 0.875. The molecule has 0 saturated carbocycles. The van der Waals surface area contributed by atoms with Gasteiger partial charge in [0.25, 0.3) is 0 Å². The van der Waals surface area contributed by atoms with E-state index in [1.165, 1.54) is 11.3 Å². The lowest BCUT2D eigenvalue weighted by atomic mass is 10.0. The monoisotopic (exact) mass is 426 g/mol. The minimum absolute atomic E-state index is 0.0352. The molecule has 2 amide bonds. The number of guanidine groups is 1. The molecule has 2 aromatic rings.